The molecule has 0 radical (unpaired) electrons. The topological polar surface area (TPSA) is 9.23 Å². The molecule has 1 aromatic carbocycles. The lowest BCUT2D eigenvalue weighted by Gasteiger charge is -2.29. The van der Waals surface area contributed by atoms with Gasteiger partial charge in [0.15, 0.2) is 11.6 Å². The van der Waals surface area contributed by atoms with Gasteiger partial charge in [0.25, 0.3) is 0 Å². The first-order valence-corrected chi connectivity index (χ1v) is 8.73. The van der Waals surface area contributed by atoms with Gasteiger partial charge in [0.05, 0.1) is 6.10 Å². The Morgan fingerprint density at radius 2 is 1.59 bits per heavy atom. The van der Waals surface area contributed by atoms with Gasteiger partial charge in [-0.3, -0.25) is 0 Å². The quantitative estimate of drug-likeness (QED) is 0.618. The largest absolute Gasteiger partial charge is 0.487 e. The molecule has 0 amide bonds. The van der Waals surface area contributed by atoms with Crippen LogP contribution in [0, 0.1) is 17.6 Å². The Bertz CT molecular complexity index is 505. The van der Waals surface area contributed by atoms with E-state index < -0.39 is 11.6 Å². The van der Waals surface area contributed by atoms with E-state index in [1.54, 1.807) is 0 Å². The van der Waals surface area contributed by atoms with E-state index >= 15 is 0 Å². The van der Waals surface area contributed by atoms with Gasteiger partial charge in [0.2, 0.25) is 5.82 Å². The third kappa shape index (κ3) is 3.44. The predicted molar refractivity (Wildman–Crippen MR) is 86.5 cm³/mol. The Balaban J connectivity index is 0.000000847. The molecule has 1 atom stereocenters. The lowest BCUT2D eigenvalue weighted by Crippen LogP contribution is -2.22. The normalized spacial score (nSPS) is 27.3. The fourth-order valence-electron chi connectivity index (χ4n) is 3.48. The summed E-state index contributed by atoms with van der Waals surface area (Å²) in [6.07, 6.45) is 5.77. The second kappa shape index (κ2) is 7.43. The minimum atomic E-state index is -0.775. The van der Waals surface area contributed by atoms with Crippen molar-refractivity contribution in [3.8, 4) is 5.75 Å². The van der Waals surface area contributed by atoms with E-state index in [-0.39, 0.29) is 17.8 Å². The molecule has 3 rings (SSSR count). The maximum atomic E-state index is 14.3. The summed E-state index contributed by atoms with van der Waals surface area (Å²) in [7, 11) is 0. The van der Waals surface area contributed by atoms with Crippen molar-refractivity contribution in [3.05, 3.63) is 28.8 Å². The van der Waals surface area contributed by atoms with Gasteiger partial charge in [-0.15, -0.1) is 0 Å². The first kappa shape index (κ1) is 17.2. The fraction of sp³-hybridized carbons (Fsp3) is 0.684. The van der Waals surface area contributed by atoms with E-state index in [1.807, 2.05) is 26.8 Å². The number of halogens is 2. The Morgan fingerprint density at radius 3 is 2.23 bits per heavy atom. The maximum absolute atomic E-state index is 14.3. The number of hydrogen-bond acceptors (Lipinski definition) is 1. The molecule has 1 aromatic rings. The average molecular weight is 310 g/mol. The highest BCUT2D eigenvalue weighted by molar-refractivity contribution is 5.42. The summed E-state index contributed by atoms with van der Waals surface area (Å²) in [6, 6.07) is 1.86. The minimum absolute atomic E-state index is 0.0298. The fourth-order valence-corrected chi connectivity index (χ4v) is 3.48. The molecule has 124 valence electrons. The van der Waals surface area contributed by atoms with Crippen molar-refractivity contribution in [2.45, 2.75) is 78.2 Å². The summed E-state index contributed by atoms with van der Waals surface area (Å²) in [4.78, 5) is 0. The van der Waals surface area contributed by atoms with Gasteiger partial charge in [-0.1, -0.05) is 33.6 Å². The first-order chi connectivity index (χ1) is 10.6. The van der Waals surface area contributed by atoms with Crippen LogP contribution in [-0.4, -0.2) is 6.10 Å². The number of benzene rings is 1. The molecule has 22 heavy (non-hydrogen) atoms. The number of fused-ring (bicyclic) bond motifs is 1. The molecule has 3 heteroatoms. The summed E-state index contributed by atoms with van der Waals surface area (Å²) in [5.41, 5.74) is 1.42. The van der Waals surface area contributed by atoms with Gasteiger partial charge in [-0.2, -0.15) is 4.39 Å². The van der Waals surface area contributed by atoms with Crippen molar-refractivity contribution >= 4 is 0 Å². The van der Waals surface area contributed by atoms with Gasteiger partial charge in [-0.05, 0) is 61.6 Å². The van der Waals surface area contributed by atoms with Crippen LogP contribution in [0.15, 0.2) is 6.07 Å². The molecular formula is C19H28F2O. The standard InChI is InChI=1S/C17H22F2O.C2H6/c1-10-3-6-12(7-4-10)14-9-13-8-5-11(2)20-17(13)16(19)15(14)18;1-2/h9-12H,3-8H2,1-2H3;1-2H3. The van der Waals surface area contributed by atoms with Crippen molar-refractivity contribution in [3.63, 3.8) is 0 Å². The summed E-state index contributed by atoms with van der Waals surface area (Å²) in [5, 5.41) is 0. The first-order valence-electron chi connectivity index (χ1n) is 8.73. The van der Waals surface area contributed by atoms with Crippen LogP contribution in [0.2, 0.25) is 0 Å². The molecule has 1 nitrogen and oxygen atoms in total. The zero-order valence-electron chi connectivity index (χ0n) is 14.2. The van der Waals surface area contributed by atoms with Crippen LogP contribution < -0.4 is 4.74 Å². The molecule has 2 aliphatic rings. The lowest BCUT2D eigenvalue weighted by atomic mass is 9.78. The molecular weight excluding hydrogens is 282 g/mol. The summed E-state index contributed by atoms with van der Waals surface area (Å²) in [5.74, 6) is -0.430. The average Bonchev–Trinajstić information content (AvgIpc) is 2.54. The monoisotopic (exact) mass is 310 g/mol. The second-order valence-corrected chi connectivity index (χ2v) is 6.51. The summed E-state index contributed by atoms with van der Waals surface area (Å²) in [6.45, 7) is 8.13. The highest BCUT2D eigenvalue weighted by Gasteiger charge is 2.29. The molecule has 1 fully saturated rings. The number of rotatable bonds is 1. The summed E-state index contributed by atoms with van der Waals surface area (Å²) >= 11 is 0. The van der Waals surface area contributed by atoms with Gasteiger partial charge in [0.1, 0.15) is 0 Å². The van der Waals surface area contributed by atoms with Crippen LogP contribution in [0.4, 0.5) is 8.78 Å². The summed E-state index contributed by atoms with van der Waals surface area (Å²) < 4.78 is 34.1. The van der Waals surface area contributed by atoms with Crippen LogP contribution >= 0.6 is 0 Å². The Hall–Kier alpha value is -1.12. The molecule has 0 bridgehead atoms. The van der Waals surface area contributed by atoms with Crippen molar-refractivity contribution in [2.75, 3.05) is 0 Å². The SMILES string of the molecule is CC.CC1CCC(c2cc3c(c(F)c2F)OC(C)CC3)CC1. The van der Waals surface area contributed by atoms with Crippen LogP contribution in [0.3, 0.4) is 0 Å². The third-order valence-electron chi connectivity index (χ3n) is 4.86. The van der Waals surface area contributed by atoms with Crippen LogP contribution in [0.1, 0.15) is 76.8 Å². The van der Waals surface area contributed by atoms with E-state index in [0.29, 0.717) is 11.5 Å². The predicted octanol–water partition coefficient (Wildman–Crippen LogP) is 6.00. The number of hydrogen-bond donors (Lipinski definition) is 0. The maximum Gasteiger partial charge on any atom is 0.201 e. The van der Waals surface area contributed by atoms with Crippen LogP contribution in [0.25, 0.3) is 0 Å². The van der Waals surface area contributed by atoms with E-state index in [0.717, 1.165) is 44.1 Å². The molecule has 1 unspecified atom stereocenters. The van der Waals surface area contributed by atoms with Crippen LogP contribution in [0.5, 0.6) is 5.75 Å². The Morgan fingerprint density at radius 1 is 0.955 bits per heavy atom. The van der Waals surface area contributed by atoms with Crippen molar-refractivity contribution in [2.24, 2.45) is 5.92 Å². The highest BCUT2D eigenvalue weighted by Crippen LogP contribution is 2.41. The molecule has 1 aliphatic carbocycles. The van der Waals surface area contributed by atoms with E-state index in [4.69, 9.17) is 4.74 Å². The number of ether oxygens (including phenoxy) is 1. The van der Waals surface area contributed by atoms with Gasteiger partial charge in [-0.25, -0.2) is 4.39 Å². The Kier molecular flexibility index (Phi) is 5.82. The zero-order valence-corrected chi connectivity index (χ0v) is 14.2. The molecule has 0 aromatic heterocycles. The molecule has 1 heterocycles. The molecule has 1 saturated carbocycles. The van der Waals surface area contributed by atoms with E-state index in [2.05, 4.69) is 6.92 Å². The smallest absolute Gasteiger partial charge is 0.201 e. The van der Waals surface area contributed by atoms with Crippen molar-refractivity contribution in [1.82, 2.24) is 0 Å². The van der Waals surface area contributed by atoms with Crippen molar-refractivity contribution in [1.29, 1.82) is 0 Å². The molecule has 0 spiro atoms. The lowest BCUT2D eigenvalue weighted by molar-refractivity contribution is 0.180. The zero-order chi connectivity index (χ0) is 16.3. The minimum Gasteiger partial charge on any atom is -0.487 e. The van der Waals surface area contributed by atoms with Gasteiger partial charge in [0, 0.05) is 0 Å². The van der Waals surface area contributed by atoms with Gasteiger partial charge >= 0.3 is 0 Å². The van der Waals surface area contributed by atoms with Gasteiger partial charge < -0.3 is 4.74 Å². The Labute approximate surface area is 133 Å². The highest BCUT2D eigenvalue weighted by atomic mass is 19.2. The molecule has 1 aliphatic heterocycles. The molecule has 0 saturated heterocycles. The second-order valence-electron chi connectivity index (χ2n) is 6.51. The van der Waals surface area contributed by atoms with E-state index in [1.165, 1.54) is 0 Å². The van der Waals surface area contributed by atoms with Crippen LogP contribution in [-0.2, 0) is 6.42 Å². The third-order valence-corrected chi connectivity index (χ3v) is 4.86. The van der Waals surface area contributed by atoms with Crippen molar-refractivity contribution < 1.29 is 13.5 Å². The van der Waals surface area contributed by atoms with E-state index in [9.17, 15) is 8.78 Å². The number of aryl methyl sites for hydroxylation is 1. The molecule has 0 N–H and O–H groups in total.